The van der Waals surface area contributed by atoms with E-state index in [1.165, 1.54) is 80.7 Å². The Hall–Kier alpha value is -8.72. The van der Waals surface area contributed by atoms with Crippen LogP contribution in [-0.2, 0) is 57.4 Å². The third kappa shape index (κ3) is 14.1. The zero-order valence-electron chi connectivity index (χ0n) is 54.8. The lowest BCUT2D eigenvalue weighted by Crippen LogP contribution is -2.61. The summed E-state index contributed by atoms with van der Waals surface area (Å²) in [4.78, 5) is 200. The van der Waals surface area contributed by atoms with Gasteiger partial charge < -0.3 is 70.3 Å². The fourth-order valence-corrected chi connectivity index (χ4v) is 12.4. The van der Waals surface area contributed by atoms with Gasteiger partial charge in [0.15, 0.2) is 11.3 Å². The number of carbonyl (C=O) groups is 12. The molecular formula is C63H88N12O16. The molecule has 5 aliphatic heterocycles. The molecule has 5 heterocycles. The van der Waals surface area contributed by atoms with Crippen molar-refractivity contribution in [2.24, 2.45) is 23.7 Å². The van der Waals surface area contributed by atoms with E-state index in [0.29, 0.717) is 24.8 Å². The van der Waals surface area contributed by atoms with Crippen LogP contribution in [0.3, 0.4) is 0 Å². The van der Waals surface area contributed by atoms with E-state index in [2.05, 4.69) is 21.3 Å². The van der Waals surface area contributed by atoms with Crippen molar-refractivity contribution in [1.29, 1.82) is 0 Å². The number of nitrogens with zero attached hydrogens (tertiary/aromatic N) is 7. The van der Waals surface area contributed by atoms with Crippen LogP contribution in [0.15, 0.2) is 21.3 Å². The lowest BCUT2D eigenvalue weighted by molar-refractivity contribution is -0.163. The minimum absolute atomic E-state index is 0.0750. The summed E-state index contributed by atoms with van der Waals surface area (Å²) in [7, 11) is 5.60. The molecule has 6 aliphatic rings. The predicted molar refractivity (Wildman–Crippen MR) is 330 cm³/mol. The Morgan fingerprint density at radius 2 is 1.10 bits per heavy atom. The molecule has 1 aromatic carbocycles. The second kappa shape index (κ2) is 28.2. The van der Waals surface area contributed by atoms with Gasteiger partial charge in [0.25, 0.3) is 11.8 Å². The van der Waals surface area contributed by atoms with Crippen molar-refractivity contribution in [1.82, 2.24) is 55.7 Å². The molecule has 1 aromatic rings. The van der Waals surface area contributed by atoms with Crippen LogP contribution in [0.1, 0.15) is 133 Å². The van der Waals surface area contributed by atoms with Gasteiger partial charge in [-0.15, -0.1) is 0 Å². The van der Waals surface area contributed by atoms with Crippen LogP contribution in [0.5, 0.6) is 0 Å². The van der Waals surface area contributed by atoms with Gasteiger partial charge in [0.1, 0.15) is 71.8 Å². The zero-order valence-corrected chi connectivity index (χ0v) is 54.8. The van der Waals surface area contributed by atoms with Crippen molar-refractivity contribution in [2.75, 3.05) is 60.1 Å². The molecule has 0 radical (unpaired) electrons. The van der Waals surface area contributed by atoms with E-state index in [1.54, 1.807) is 62.3 Å². The van der Waals surface area contributed by atoms with Crippen LogP contribution in [0.4, 0.5) is 5.69 Å². The summed E-state index contributed by atoms with van der Waals surface area (Å²) in [5.74, 6) is -12.3. The molecule has 6 N–H and O–H groups in total. The molecule has 10 amide bonds. The molecular weight excluding hydrogens is 1180 g/mol. The van der Waals surface area contributed by atoms with E-state index in [4.69, 9.17) is 24.6 Å². The number of nitrogen functional groups attached to an aromatic ring is 1. The smallest absolute Gasteiger partial charge is 0.329 e. The molecule has 0 bridgehead atoms. The third-order valence-corrected chi connectivity index (χ3v) is 18.1. The minimum Gasteiger partial charge on any atom is -0.458 e. The zero-order chi connectivity index (χ0) is 67.7. The molecule has 4 fully saturated rings. The number of fused-ring (bicyclic) bond motifs is 4. The number of hydrogen-bond donors (Lipinski definition) is 5. The van der Waals surface area contributed by atoms with Crippen molar-refractivity contribution in [3.8, 4) is 11.5 Å². The Kier molecular flexibility index (Phi) is 21.6. The number of aromatic nitrogens is 1. The first kappa shape index (κ1) is 69.7. The van der Waals surface area contributed by atoms with Crippen molar-refractivity contribution in [3.63, 3.8) is 0 Å². The molecule has 28 heteroatoms. The highest BCUT2D eigenvalue weighted by atomic mass is 16.6. The number of anilines is 1. The molecule has 1 aliphatic carbocycles. The lowest BCUT2D eigenvalue weighted by Gasteiger charge is -2.36. The number of nitrogens with one attached hydrogen (secondary N) is 4. The first-order valence-corrected chi connectivity index (χ1v) is 31.1. The fourth-order valence-electron chi connectivity index (χ4n) is 12.4. The average molecular weight is 1270 g/mol. The third-order valence-electron chi connectivity index (χ3n) is 18.1. The average Bonchev–Trinajstić information content (AvgIpc) is 1.28. The van der Waals surface area contributed by atoms with E-state index in [9.17, 15) is 47.9 Å². The normalized spacial score (nSPS) is 26.4. The van der Waals surface area contributed by atoms with E-state index in [-0.39, 0.29) is 53.9 Å². The molecule has 11 atom stereocenters. The van der Waals surface area contributed by atoms with Crippen molar-refractivity contribution in [2.45, 2.75) is 176 Å². The number of esters is 2. The summed E-state index contributed by atoms with van der Waals surface area (Å²) < 4.78 is 18.3. The molecule has 0 aromatic heterocycles. The first-order chi connectivity index (χ1) is 42.6. The number of aryl methyl sites for hydroxylation is 1. The molecule has 4 saturated heterocycles. The number of cyclic esters (lactones) is 2. The maximum Gasteiger partial charge on any atom is 0.329 e. The fraction of sp³-hybridized carbons (Fsp3) is 0.619. The highest BCUT2D eigenvalue weighted by Crippen LogP contribution is 2.35. The number of hydrogen-bond acceptors (Lipinski definition) is 18. The van der Waals surface area contributed by atoms with Gasteiger partial charge in [0.05, 0.1) is 29.9 Å². The number of amides is 10. The van der Waals surface area contributed by atoms with E-state index in [0.717, 1.165) is 9.80 Å². The van der Waals surface area contributed by atoms with Gasteiger partial charge >= 0.3 is 11.9 Å². The van der Waals surface area contributed by atoms with Crippen LogP contribution in [0.25, 0.3) is 22.6 Å². The van der Waals surface area contributed by atoms with Gasteiger partial charge in [-0.1, -0.05) is 67.9 Å². The summed E-state index contributed by atoms with van der Waals surface area (Å²) in [6.45, 7) is 18.6. The van der Waals surface area contributed by atoms with Gasteiger partial charge in [0.2, 0.25) is 52.7 Å². The van der Waals surface area contributed by atoms with Gasteiger partial charge in [-0.2, -0.15) is 0 Å². The molecule has 0 spiro atoms. The molecule has 28 nitrogen and oxygen atoms in total. The van der Waals surface area contributed by atoms with Gasteiger partial charge in [-0.3, -0.25) is 52.7 Å². The van der Waals surface area contributed by atoms with Gasteiger partial charge in [-0.05, 0) is 88.7 Å². The molecule has 0 saturated carbocycles. The highest BCUT2D eigenvalue weighted by Gasteiger charge is 2.47. The quantitative estimate of drug-likeness (QED) is 0.114. The molecule has 496 valence electrons. The Labute approximate surface area is 528 Å². The van der Waals surface area contributed by atoms with Crippen LogP contribution >= 0.6 is 0 Å². The SMILES string of the molecule is CC[C@H](C)[C@H]1NC(=O)[C@H](NC(=O)c2c3nc4c(C(=O)N[C@H]5C(=O)N[C@@H](C(C)C)C(=O)N6CCC[C@H]6C(=O)N(C)CC(=O)N(C)[C@@H](C(C)C)C(=O)O[C@@H]5C)ccc(C)c4oc-3c(C)c(=O)c2N)[C@@H](C)OC(=O)[C@H](C(C)C)N(C)C(=O)CN(C)C(=O)[C@@H]2CCCN2C1=O. The van der Waals surface area contributed by atoms with Gasteiger partial charge in [-0.25, -0.2) is 14.6 Å². The summed E-state index contributed by atoms with van der Waals surface area (Å²) in [5.41, 5.74) is 3.60. The van der Waals surface area contributed by atoms with E-state index >= 15 is 14.4 Å². The summed E-state index contributed by atoms with van der Waals surface area (Å²) in [6.07, 6.45) is -1.30. The number of benzene rings is 2. The Balaban J connectivity index is 1.33. The molecule has 7 rings (SSSR count). The van der Waals surface area contributed by atoms with Crippen LogP contribution in [0, 0.1) is 37.5 Å². The van der Waals surface area contributed by atoms with Crippen molar-refractivity contribution in [3.05, 3.63) is 44.6 Å². The van der Waals surface area contributed by atoms with Crippen molar-refractivity contribution >= 4 is 87.8 Å². The largest absolute Gasteiger partial charge is 0.458 e. The minimum atomic E-state index is -1.88. The Morgan fingerprint density at radius 3 is 1.55 bits per heavy atom. The van der Waals surface area contributed by atoms with Crippen LogP contribution < -0.4 is 32.4 Å². The molecule has 91 heavy (non-hydrogen) atoms. The lowest BCUT2D eigenvalue weighted by atomic mass is 9.96. The Morgan fingerprint density at radius 1 is 0.648 bits per heavy atom. The number of likely N-dealkylation sites (N-methyl/N-ethyl adjacent to an activating group) is 4. The van der Waals surface area contributed by atoms with Gasteiger partial charge in [0, 0.05) is 46.8 Å². The number of ether oxygens (including phenoxy) is 2. The predicted octanol–water partition coefficient (Wildman–Crippen LogP) is 1.12. The summed E-state index contributed by atoms with van der Waals surface area (Å²) in [6, 6.07) is -7.88. The standard InChI is InChI=1S/C63H88N12O16/c1-17-31(8)44-61(86)75-25-19-21-38(75)59(84)71(14)27-40(77)73(16)50(30(6)7)63(88)90-35(12)46(57(82)67-44)69-55(80)41-42(64)51(78)33(10)53-48(41)65-47-36(23-22-32(9)52(47)91-53)54(79)68-45-34(11)89-62(87)49(29(4)5)72(15)39(76)26-70(13)58(83)37-20-18-24-74(37)60(85)43(28(2)3)66-56(45)81/h22-23,28-31,34-35,37-38,43-46,49-50H,17-21,24-27,64H2,1-16H3,(H,66,81)(H,67,82)(H,68,79)(H,69,80)/t31-,34+,35+,37-,38-,43-,44+,45+,46+,49-,50-/m0/s1. The van der Waals surface area contributed by atoms with Crippen LogP contribution in [0.2, 0.25) is 0 Å². The number of carbonyl (C=O) groups excluding carboxylic acids is 12. The summed E-state index contributed by atoms with van der Waals surface area (Å²) in [5, 5.41) is 10.8. The second-order valence-corrected chi connectivity index (χ2v) is 25.7. The van der Waals surface area contributed by atoms with E-state index in [1.807, 2.05) is 0 Å². The molecule has 0 unspecified atom stereocenters. The van der Waals surface area contributed by atoms with Crippen molar-refractivity contribution < 1.29 is 71.4 Å². The number of rotatable bonds is 9. The topological polar surface area (TPSA) is 360 Å². The first-order valence-electron chi connectivity index (χ1n) is 31.1. The van der Waals surface area contributed by atoms with Crippen LogP contribution in [-0.4, -0.2) is 220 Å². The second-order valence-electron chi connectivity index (χ2n) is 25.7. The maximum atomic E-state index is 15.2. The monoisotopic (exact) mass is 1270 g/mol. The summed E-state index contributed by atoms with van der Waals surface area (Å²) >= 11 is 0. The Bertz CT molecular complexity index is 3440. The maximum absolute atomic E-state index is 15.2. The highest BCUT2D eigenvalue weighted by molar-refractivity contribution is 6.10. The number of nitrogens with two attached hydrogens (primary N) is 1. The van der Waals surface area contributed by atoms with E-state index < -0.39 is 191 Å².